The van der Waals surface area contributed by atoms with Crippen LogP contribution in [0.25, 0.3) is 0 Å². The van der Waals surface area contributed by atoms with Crippen LogP contribution in [-0.4, -0.2) is 60.5 Å². The first-order valence-corrected chi connectivity index (χ1v) is 7.26. The van der Waals surface area contributed by atoms with Gasteiger partial charge in [0.25, 0.3) is 0 Å². The fourth-order valence-corrected chi connectivity index (χ4v) is 3.03. The van der Waals surface area contributed by atoms with Crippen molar-refractivity contribution in [1.82, 2.24) is 9.80 Å². The Balaban J connectivity index is 1.95. The smallest absolute Gasteiger partial charge is 0.227 e. The molecule has 2 aliphatic rings. The Morgan fingerprint density at radius 1 is 1.45 bits per heavy atom. The van der Waals surface area contributed by atoms with Crippen molar-refractivity contribution in [3.05, 3.63) is 0 Å². The second-order valence-electron chi connectivity index (χ2n) is 7.57. The van der Waals surface area contributed by atoms with Crippen LogP contribution in [0.4, 0.5) is 0 Å². The van der Waals surface area contributed by atoms with Crippen LogP contribution in [0.5, 0.6) is 0 Å². The maximum atomic E-state index is 12.5. The van der Waals surface area contributed by atoms with E-state index in [0.717, 1.165) is 0 Å². The highest BCUT2D eigenvalue weighted by Crippen LogP contribution is 2.30. The van der Waals surface area contributed by atoms with Crippen LogP contribution in [0.2, 0.25) is 0 Å². The summed E-state index contributed by atoms with van der Waals surface area (Å²) in [5, 5.41) is 0. The SMILES string of the molecule is CN(CC1(C)COC1)C(=O)C1CC(=O)N(C(C)(C)C)C1. The molecule has 2 fully saturated rings. The number of hydrogen-bond donors (Lipinski definition) is 0. The summed E-state index contributed by atoms with van der Waals surface area (Å²) in [5.41, 5.74) is -0.130. The predicted molar refractivity (Wildman–Crippen MR) is 76.1 cm³/mol. The molecule has 1 unspecified atom stereocenters. The largest absolute Gasteiger partial charge is 0.380 e. The van der Waals surface area contributed by atoms with Gasteiger partial charge in [0.2, 0.25) is 11.8 Å². The summed E-state index contributed by atoms with van der Waals surface area (Å²) in [6.07, 6.45) is 0.341. The minimum Gasteiger partial charge on any atom is -0.380 e. The molecule has 0 spiro atoms. The molecule has 0 N–H and O–H groups in total. The topological polar surface area (TPSA) is 49.9 Å². The molecule has 0 aromatic rings. The van der Waals surface area contributed by atoms with Gasteiger partial charge in [-0.1, -0.05) is 6.92 Å². The van der Waals surface area contributed by atoms with Gasteiger partial charge in [-0.3, -0.25) is 9.59 Å². The first-order valence-electron chi connectivity index (χ1n) is 7.26. The molecule has 0 saturated carbocycles. The second kappa shape index (κ2) is 5.02. The van der Waals surface area contributed by atoms with Gasteiger partial charge < -0.3 is 14.5 Å². The number of carbonyl (C=O) groups excluding carboxylic acids is 2. The fourth-order valence-electron chi connectivity index (χ4n) is 3.03. The number of likely N-dealkylation sites (tertiary alicyclic amines) is 1. The summed E-state index contributed by atoms with van der Waals surface area (Å²) in [5.74, 6) is -0.0306. The van der Waals surface area contributed by atoms with E-state index in [1.807, 2.05) is 32.7 Å². The summed E-state index contributed by atoms with van der Waals surface area (Å²) in [6, 6.07) is 0. The quantitative estimate of drug-likeness (QED) is 0.779. The predicted octanol–water partition coefficient (Wildman–Crippen LogP) is 1.13. The van der Waals surface area contributed by atoms with E-state index in [1.54, 1.807) is 4.90 Å². The van der Waals surface area contributed by atoms with Crippen LogP contribution < -0.4 is 0 Å². The van der Waals surface area contributed by atoms with Crippen molar-refractivity contribution in [3.63, 3.8) is 0 Å². The molecule has 0 bridgehead atoms. The first kappa shape index (κ1) is 15.3. The van der Waals surface area contributed by atoms with Crippen LogP contribution >= 0.6 is 0 Å². The lowest BCUT2D eigenvalue weighted by Gasteiger charge is -2.41. The zero-order chi connectivity index (χ0) is 15.1. The number of rotatable bonds is 3. The third kappa shape index (κ3) is 2.97. The number of nitrogens with zero attached hydrogens (tertiary/aromatic N) is 2. The van der Waals surface area contributed by atoms with Gasteiger partial charge in [-0.25, -0.2) is 0 Å². The van der Waals surface area contributed by atoms with Crippen LogP contribution in [0, 0.1) is 11.3 Å². The van der Waals surface area contributed by atoms with E-state index in [-0.39, 0.29) is 28.7 Å². The Labute approximate surface area is 121 Å². The van der Waals surface area contributed by atoms with Gasteiger partial charge >= 0.3 is 0 Å². The molecule has 5 heteroatoms. The van der Waals surface area contributed by atoms with E-state index in [1.165, 1.54) is 0 Å². The first-order chi connectivity index (χ1) is 9.12. The lowest BCUT2D eigenvalue weighted by atomic mass is 9.88. The molecule has 2 rings (SSSR count). The van der Waals surface area contributed by atoms with Gasteiger partial charge in [-0.2, -0.15) is 0 Å². The Morgan fingerprint density at radius 2 is 2.05 bits per heavy atom. The van der Waals surface area contributed by atoms with Gasteiger partial charge in [-0.05, 0) is 20.8 Å². The Kier molecular flexibility index (Phi) is 3.84. The Bertz CT molecular complexity index is 410. The number of carbonyl (C=O) groups is 2. The minimum atomic E-state index is -0.210. The maximum Gasteiger partial charge on any atom is 0.227 e. The van der Waals surface area contributed by atoms with Gasteiger partial charge in [0.1, 0.15) is 0 Å². The summed E-state index contributed by atoms with van der Waals surface area (Å²) < 4.78 is 5.22. The second-order valence-corrected chi connectivity index (χ2v) is 7.57. The molecule has 0 aliphatic carbocycles. The molecular formula is C15H26N2O3. The molecule has 114 valence electrons. The number of ether oxygens (including phenoxy) is 1. The van der Waals surface area contributed by atoms with Crippen molar-refractivity contribution in [2.75, 3.05) is 33.4 Å². The Morgan fingerprint density at radius 3 is 2.45 bits per heavy atom. The Hall–Kier alpha value is -1.10. The highest BCUT2D eigenvalue weighted by atomic mass is 16.5. The van der Waals surface area contributed by atoms with Crippen molar-refractivity contribution in [1.29, 1.82) is 0 Å². The molecular weight excluding hydrogens is 256 g/mol. The third-order valence-electron chi connectivity index (χ3n) is 4.18. The lowest BCUT2D eigenvalue weighted by Crippen LogP contribution is -2.50. The van der Waals surface area contributed by atoms with Crippen molar-refractivity contribution >= 4 is 11.8 Å². The van der Waals surface area contributed by atoms with E-state index in [2.05, 4.69) is 6.92 Å². The molecule has 20 heavy (non-hydrogen) atoms. The summed E-state index contributed by atoms with van der Waals surface area (Å²) in [7, 11) is 1.83. The van der Waals surface area contributed by atoms with Crippen molar-refractivity contribution in [3.8, 4) is 0 Å². The van der Waals surface area contributed by atoms with Crippen LogP contribution in [0.15, 0.2) is 0 Å². The summed E-state index contributed by atoms with van der Waals surface area (Å²) in [4.78, 5) is 28.1. The molecule has 0 aromatic carbocycles. The lowest BCUT2D eigenvalue weighted by molar-refractivity contribution is -0.145. The summed E-state index contributed by atoms with van der Waals surface area (Å²) in [6.45, 7) is 10.8. The maximum absolute atomic E-state index is 12.5. The van der Waals surface area contributed by atoms with Crippen LogP contribution in [-0.2, 0) is 14.3 Å². The van der Waals surface area contributed by atoms with Crippen molar-refractivity contribution < 1.29 is 14.3 Å². The van der Waals surface area contributed by atoms with Gasteiger partial charge in [-0.15, -0.1) is 0 Å². The van der Waals surface area contributed by atoms with Crippen LogP contribution in [0.3, 0.4) is 0 Å². The monoisotopic (exact) mass is 282 g/mol. The van der Waals surface area contributed by atoms with Gasteiger partial charge in [0.05, 0.1) is 19.1 Å². The van der Waals surface area contributed by atoms with E-state index in [9.17, 15) is 9.59 Å². The van der Waals surface area contributed by atoms with E-state index < -0.39 is 0 Å². The molecule has 1 atom stereocenters. The fraction of sp³-hybridized carbons (Fsp3) is 0.867. The molecule has 2 amide bonds. The normalized spacial score (nSPS) is 25.6. The van der Waals surface area contributed by atoms with E-state index in [0.29, 0.717) is 32.7 Å². The van der Waals surface area contributed by atoms with Gasteiger partial charge in [0, 0.05) is 37.5 Å². The van der Waals surface area contributed by atoms with Crippen LogP contribution in [0.1, 0.15) is 34.1 Å². The molecule has 5 nitrogen and oxygen atoms in total. The highest BCUT2D eigenvalue weighted by Gasteiger charge is 2.42. The van der Waals surface area contributed by atoms with E-state index >= 15 is 0 Å². The van der Waals surface area contributed by atoms with E-state index in [4.69, 9.17) is 4.74 Å². The zero-order valence-electron chi connectivity index (χ0n) is 13.2. The molecule has 2 saturated heterocycles. The average Bonchev–Trinajstić information content (AvgIpc) is 2.67. The molecule has 0 radical (unpaired) electrons. The third-order valence-corrected chi connectivity index (χ3v) is 4.18. The number of amides is 2. The van der Waals surface area contributed by atoms with Gasteiger partial charge in [0.15, 0.2) is 0 Å². The standard InChI is InChI=1S/C15H26N2O3/c1-14(2,3)17-7-11(6-12(17)18)13(19)16(5)8-15(4)9-20-10-15/h11H,6-10H2,1-5H3. The zero-order valence-corrected chi connectivity index (χ0v) is 13.2. The molecule has 2 aliphatic heterocycles. The van der Waals surface area contributed by atoms with Crippen molar-refractivity contribution in [2.24, 2.45) is 11.3 Å². The summed E-state index contributed by atoms with van der Waals surface area (Å²) >= 11 is 0. The van der Waals surface area contributed by atoms with Crippen molar-refractivity contribution in [2.45, 2.75) is 39.7 Å². The molecule has 2 heterocycles. The molecule has 0 aromatic heterocycles. The number of hydrogen-bond acceptors (Lipinski definition) is 3. The average molecular weight is 282 g/mol. The minimum absolute atomic E-state index is 0.0801. The highest BCUT2D eigenvalue weighted by molar-refractivity contribution is 5.89.